The normalized spacial score (nSPS) is 18.6. The van der Waals surface area contributed by atoms with Gasteiger partial charge in [0.1, 0.15) is 11.7 Å². The Hall–Kier alpha value is -0.640. The number of halogens is 1. The average molecular weight is 163 g/mol. The Bertz CT molecular complexity index is 149. The second-order valence-electron chi connectivity index (χ2n) is 2.50. The molecule has 0 rings (SSSR count). The molecule has 0 amide bonds. The number of rotatable bonds is 3. The summed E-state index contributed by atoms with van der Waals surface area (Å²) in [5.41, 5.74) is 3.97. The molecular formula is C7H14FNO2. The number of carbonyl (C=O) groups excluding carboxylic acids is 1. The van der Waals surface area contributed by atoms with Gasteiger partial charge in [-0.15, -0.1) is 0 Å². The van der Waals surface area contributed by atoms with Crippen LogP contribution in [0.25, 0.3) is 0 Å². The van der Waals surface area contributed by atoms with Gasteiger partial charge in [-0.25, -0.2) is 9.18 Å². The molecule has 0 bridgehead atoms. The van der Waals surface area contributed by atoms with Crippen LogP contribution >= 0.6 is 0 Å². The van der Waals surface area contributed by atoms with Crippen molar-refractivity contribution in [2.24, 2.45) is 5.73 Å². The lowest BCUT2D eigenvalue weighted by Crippen LogP contribution is -2.54. The smallest absolute Gasteiger partial charge is 0.328 e. The fourth-order valence-corrected chi connectivity index (χ4v) is 0.778. The van der Waals surface area contributed by atoms with E-state index in [4.69, 9.17) is 5.73 Å². The summed E-state index contributed by atoms with van der Waals surface area (Å²) in [6.07, 6.45) is -1.16. The molecule has 0 heterocycles. The first-order valence-corrected chi connectivity index (χ1v) is 3.50. The average Bonchev–Trinajstić information content (AvgIpc) is 2.01. The van der Waals surface area contributed by atoms with Crippen LogP contribution < -0.4 is 5.73 Å². The molecule has 0 aromatic heterocycles. The molecule has 0 spiro atoms. The molecule has 0 aliphatic heterocycles. The van der Waals surface area contributed by atoms with Crippen molar-refractivity contribution in [3.8, 4) is 0 Å². The van der Waals surface area contributed by atoms with Gasteiger partial charge in [-0.3, -0.25) is 0 Å². The first kappa shape index (κ1) is 10.4. The molecule has 0 aromatic carbocycles. The molecule has 2 unspecified atom stereocenters. The van der Waals surface area contributed by atoms with Gasteiger partial charge in [0.25, 0.3) is 0 Å². The molecule has 11 heavy (non-hydrogen) atoms. The van der Waals surface area contributed by atoms with Crippen molar-refractivity contribution in [2.75, 3.05) is 7.11 Å². The number of carbonyl (C=O) groups is 1. The van der Waals surface area contributed by atoms with Gasteiger partial charge in [0, 0.05) is 0 Å². The number of methoxy groups -OCH3 is 1. The van der Waals surface area contributed by atoms with E-state index in [9.17, 15) is 9.18 Å². The van der Waals surface area contributed by atoms with E-state index in [1.54, 1.807) is 6.92 Å². The Labute approximate surface area is 65.7 Å². The first-order valence-electron chi connectivity index (χ1n) is 3.50. The Kier molecular flexibility index (Phi) is 3.45. The van der Waals surface area contributed by atoms with Crippen LogP contribution in [0.1, 0.15) is 20.3 Å². The largest absolute Gasteiger partial charge is 0.468 e. The second-order valence-corrected chi connectivity index (χ2v) is 2.50. The number of nitrogens with two attached hydrogens (primary N) is 1. The first-order chi connectivity index (χ1) is 4.99. The lowest BCUT2D eigenvalue weighted by Gasteiger charge is -2.25. The highest BCUT2D eigenvalue weighted by molar-refractivity contribution is 5.81. The molecule has 4 heteroatoms. The summed E-state index contributed by atoms with van der Waals surface area (Å²) in [7, 11) is 1.20. The summed E-state index contributed by atoms with van der Waals surface area (Å²) in [4.78, 5) is 10.9. The topological polar surface area (TPSA) is 52.3 Å². The van der Waals surface area contributed by atoms with Gasteiger partial charge in [-0.1, -0.05) is 6.92 Å². The van der Waals surface area contributed by atoms with Crippen molar-refractivity contribution >= 4 is 5.97 Å². The molecule has 0 saturated carbocycles. The summed E-state index contributed by atoms with van der Waals surface area (Å²) in [5, 5.41) is 0. The Morgan fingerprint density at radius 3 is 2.36 bits per heavy atom. The van der Waals surface area contributed by atoms with E-state index in [-0.39, 0.29) is 6.42 Å². The third-order valence-corrected chi connectivity index (χ3v) is 1.86. The van der Waals surface area contributed by atoms with E-state index in [2.05, 4.69) is 4.74 Å². The number of esters is 1. The quantitative estimate of drug-likeness (QED) is 0.621. The minimum Gasteiger partial charge on any atom is -0.468 e. The highest BCUT2D eigenvalue weighted by Gasteiger charge is 2.39. The van der Waals surface area contributed by atoms with Gasteiger partial charge in [-0.2, -0.15) is 0 Å². The maximum Gasteiger partial charge on any atom is 0.328 e. The molecule has 3 nitrogen and oxygen atoms in total. The second kappa shape index (κ2) is 3.67. The molecule has 2 N–H and O–H groups in total. The van der Waals surface area contributed by atoms with Gasteiger partial charge in [0.2, 0.25) is 0 Å². The van der Waals surface area contributed by atoms with Gasteiger partial charge < -0.3 is 10.5 Å². The van der Waals surface area contributed by atoms with E-state index in [1.165, 1.54) is 14.0 Å². The van der Waals surface area contributed by atoms with Crippen LogP contribution in [0.15, 0.2) is 0 Å². The van der Waals surface area contributed by atoms with Crippen LogP contribution in [0.3, 0.4) is 0 Å². The van der Waals surface area contributed by atoms with Crippen LogP contribution in [0, 0.1) is 0 Å². The van der Waals surface area contributed by atoms with E-state index in [0.717, 1.165) is 0 Å². The number of ether oxygens (including phenoxy) is 1. The lowest BCUT2D eigenvalue weighted by molar-refractivity contribution is -0.149. The minimum absolute atomic E-state index is 0.233. The zero-order chi connectivity index (χ0) is 9.07. The predicted octanol–water partition coefficient (Wildman–Crippen LogP) is 0.625. The standard InChI is InChI=1S/C7H14FNO2/c1-4-7(9,5(2)8)6(10)11-3/h5H,4,9H2,1-3H3. The van der Waals surface area contributed by atoms with Crippen LogP contribution in [-0.2, 0) is 9.53 Å². The number of alkyl halides is 1. The zero-order valence-electron chi connectivity index (χ0n) is 7.06. The zero-order valence-corrected chi connectivity index (χ0v) is 7.06. The molecule has 0 aliphatic carbocycles. The molecule has 66 valence electrons. The van der Waals surface area contributed by atoms with Crippen molar-refractivity contribution in [1.29, 1.82) is 0 Å². The summed E-state index contributed by atoms with van der Waals surface area (Å²) >= 11 is 0. The fraction of sp³-hybridized carbons (Fsp3) is 0.857. The molecular weight excluding hydrogens is 149 g/mol. The van der Waals surface area contributed by atoms with E-state index in [0.29, 0.717) is 0 Å². The van der Waals surface area contributed by atoms with Gasteiger partial charge in [-0.05, 0) is 13.3 Å². The van der Waals surface area contributed by atoms with Crippen molar-refractivity contribution in [3.05, 3.63) is 0 Å². The maximum absolute atomic E-state index is 12.8. The van der Waals surface area contributed by atoms with Crippen molar-refractivity contribution in [2.45, 2.75) is 32.0 Å². The monoisotopic (exact) mass is 163 g/mol. The van der Waals surface area contributed by atoms with Crippen LogP contribution in [0.2, 0.25) is 0 Å². The van der Waals surface area contributed by atoms with Gasteiger partial charge in [0.05, 0.1) is 7.11 Å². The van der Waals surface area contributed by atoms with Crippen molar-refractivity contribution in [1.82, 2.24) is 0 Å². The number of hydrogen-bond donors (Lipinski definition) is 1. The molecule has 0 radical (unpaired) electrons. The van der Waals surface area contributed by atoms with E-state index < -0.39 is 17.7 Å². The SMILES string of the molecule is CCC(N)(C(=O)OC)C(C)F. The fourth-order valence-electron chi connectivity index (χ4n) is 0.778. The molecule has 0 saturated heterocycles. The summed E-state index contributed by atoms with van der Waals surface area (Å²) in [6.45, 7) is 2.90. The predicted molar refractivity (Wildman–Crippen MR) is 39.8 cm³/mol. The van der Waals surface area contributed by atoms with Crippen LogP contribution in [0.5, 0.6) is 0 Å². The molecule has 0 aromatic rings. The third-order valence-electron chi connectivity index (χ3n) is 1.86. The highest BCUT2D eigenvalue weighted by Crippen LogP contribution is 2.16. The Balaban J connectivity index is 4.45. The highest BCUT2D eigenvalue weighted by atomic mass is 19.1. The maximum atomic E-state index is 12.8. The lowest BCUT2D eigenvalue weighted by atomic mass is 9.93. The van der Waals surface area contributed by atoms with E-state index in [1.807, 2.05) is 0 Å². The Morgan fingerprint density at radius 1 is 1.82 bits per heavy atom. The van der Waals surface area contributed by atoms with Crippen LogP contribution in [-0.4, -0.2) is 24.8 Å². The molecule has 0 aliphatic rings. The van der Waals surface area contributed by atoms with Crippen molar-refractivity contribution in [3.63, 3.8) is 0 Å². The summed E-state index contributed by atoms with van der Waals surface area (Å²) in [6, 6.07) is 0. The summed E-state index contributed by atoms with van der Waals surface area (Å²) < 4.78 is 17.1. The molecule has 0 fully saturated rings. The van der Waals surface area contributed by atoms with E-state index >= 15 is 0 Å². The third kappa shape index (κ3) is 1.89. The summed E-state index contributed by atoms with van der Waals surface area (Å²) in [5.74, 6) is -0.699. The van der Waals surface area contributed by atoms with Crippen molar-refractivity contribution < 1.29 is 13.9 Å². The van der Waals surface area contributed by atoms with Gasteiger partial charge in [0.15, 0.2) is 0 Å². The van der Waals surface area contributed by atoms with Gasteiger partial charge >= 0.3 is 5.97 Å². The Morgan fingerprint density at radius 2 is 2.27 bits per heavy atom. The number of hydrogen-bond acceptors (Lipinski definition) is 3. The minimum atomic E-state index is -1.48. The molecule has 2 atom stereocenters. The van der Waals surface area contributed by atoms with Crippen LogP contribution in [0.4, 0.5) is 4.39 Å².